The van der Waals surface area contributed by atoms with Gasteiger partial charge in [0, 0.05) is 12.0 Å². The Labute approximate surface area is 70.5 Å². The monoisotopic (exact) mass is 191 g/mol. The predicted molar refractivity (Wildman–Crippen MR) is 48.5 cm³/mol. The molecule has 0 fully saturated rings. The van der Waals surface area contributed by atoms with Crippen molar-refractivity contribution < 1.29 is 8.42 Å². The van der Waals surface area contributed by atoms with E-state index >= 15 is 0 Å². The lowest BCUT2D eigenvalue weighted by atomic mass is 10.8. The van der Waals surface area contributed by atoms with Crippen LogP contribution in [0.25, 0.3) is 0 Å². The van der Waals surface area contributed by atoms with Gasteiger partial charge in [0.25, 0.3) is 0 Å². The first-order valence-electron chi connectivity index (χ1n) is 3.23. The van der Waals surface area contributed by atoms with Crippen molar-refractivity contribution in [2.24, 2.45) is 4.99 Å². The van der Waals surface area contributed by atoms with Crippen LogP contribution in [0.1, 0.15) is 6.92 Å². The maximum atomic E-state index is 11.0. The first-order chi connectivity index (χ1) is 5.17. The fourth-order valence-electron chi connectivity index (χ4n) is 0.654. The molecule has 11 heavy (non-hydrogen) atoms. The van der Waals surface area contributed by atoms with Gasteiger partial charge in [0.05, 0.1) is 5.41 Å². The molecule has 1 aliphatic rings. The zero-order chi connectivity index (χ0) is 8.32. The van der Waals surface area contributed by atoms with E-state index in [4.69, 9.17) is 0 Å². The minimum atomic E-state index is -3.11. The minimum absolute atomic E-state index is 0.282. The van der Waals surface area contributed by atoms with Crippen molar-refractivity contribution in [3.05, 3.63) is 11.6 Å². The van der Waals surface area contributed by atoms with Crippen LogP contribution in [-0.2, 0) is 9.84 Å². The fourth-order valence-corrected chi connectivity index (χ4v) is 2.60. The number of hydrogen-bond donors (Lipinski definition) is 0. The van der Waals surface area contributed by atoms with Crippen molar-refractivity contribution in [1.29, 1.82) is 0 Å². The highest BCUT2D eigenvalue weighted by Crippen LogP contribution is 2.11. The van der Waals surface area contributed by atoms with Gasteiger partial charge in [0.1, 0.15) is 5.04 Å². The second kappa shape index (κ2) is 3.40. The van der Waals surface area contributed by atoms with Crippen LogP contribution in [0.15, 0.2) is 16.6 Å². The van der Waals surface area contributed by atoms with E-state index in [1.54, 1.807) is 11.8 Å². The number of thioether (sulfide) groups is 1. The van der Waals surface area contributed by atoms with E-state index in [1.807, 2.05) is 6.92 Å². The van der Waals surface area contributed by atoms with Crippen LogP contribution < -0.4 is 0 Å². The van der Waals surface area contributed by atoms with Gasteiger partial charge in [-0.3, -0.25) is 0 Å². The summed E-state index contributed by atoms with van der Waals surface area (Å²) >= 11 is 1.56. The molecular weight excluding hydrogens is 182 g/mol. The molecule has 1 aliphatic heterocycles. The lowest BCUT2D eigenvalue weighted by Gasteiger charge is -1.96. The maximum absolute atomic E-state index is 11.0. The van der Waals surface area contributed by atoms with Gasteiger partial charge >= 0.3 is 0 Å². The van der Waals surface area contributed by atoms with Crippen molar-refractivity contribution in [3.63, 3.8) is 0 Å². The van der Waals surface area contributed by atoms with Crippen LogP contribution >= 0.6 is 11.8 Å². The summed E-state index contributed by atoms with van der Waals surface area (Å²) in [7, 11) is -3.11. The Balaban J connectivity index is 2.63. The second-order valence-electron chi connectivity index (χ2n) is 1.99. The normalized spacial score (nSPS) is 20.3. The zero-order valence-electron chi connectivity index (χ0n) is 6.15. The molecule has 62 valence electrons. The SMILES string of the molecule is CCSCC1=NC=CS1(=O)=O. The molecule has 0 aromatic carbocycles. The van der Waals surface area contributed by atoms with Gasteiger partial charge in [-0.05, 0) is 5.75 Å². The van der Waals surface area contributed by atoms with Crippen molar-refractivity contribution in [2.75, 3.05) is 11.5 Å². The van der Waals surface area contributed by atoms with E-state index in [0.717, 1.165) is 11.2 Å². The molecule has 0 unspecified atom stereocenters. The maximum Gasteiger partial charge on any atom is 0.215 e. The topological polar surface area (TPSA) is 46.5 Å². The smallest absolute Gasteiger partial charge is 0.215 e. The Hall–Kier alpha value is -0.290. The van der Waals surface area contributed by atoms with Crippen molar-refractivity contribution in [3.8, 4) is 0 Å². The molecule has 0 aromatic rings. The molecule has 0 saturated heterocycles. The van der Waals surface area contributed by atoms with Gasteiger partial charge in [-0.2, -0.15) is 11.8 Å². The molecule has 0 N–H and O–H groups in total. The predicted octanol–water partition coefficient (Wildman–Crippen LogP) is 1.04. The Morgan fingerprint density at radius 1 is 1.64 bits per heavy atom. The van der Waals surface area contributed by atoms with E-state index in [2.05, 4.69) is 4.99 Å². The molecule has 0 spiro atoms. The van der Waals surface area contributed by atoms with Crippen LogP contribution in [0.5, 0.6) is 0 Å². The lowest BCUT2D eigenvalue weighted by molar-refractivity contribution is 0.615. The molecule has 1 heterocycles. The largest absolute Gasteiger partial charge is 0.247 e. The summed E-state index contributed by atoms with van der Waals surface area (Å²) in [5.41, 5.74) is 0. The van der Waals surface area contributed by atoms with Crippen molar-refractivity contribution in [2.45, 2.75) is 6.92 Å². The summed E-state index contributed by atoms with van der Waals surface area (Å²) in [6, 6.07) is 0. The third kappa shape index (κ3) is 2.07. The fraction of sp³-hybridized carbons (Fsp3) is 0.500. The van der Waals surface area contributed by atoms with Gasteiger partial charge in [-0.15, -0.1) is 0 Å². The van der Waals surface area contributed by atoms with Gasteiger partial charge in [-0.1, -0.05) is 6.92 Å². The van der Waals surface area contributed by atoms with E-state index in [0.29, 0.717) is 5.75 Å². The molecule has 3 nitrogen and oxygen atoms in total. The summed E-state index contributed by atoms with van der Waals surface area (Å²) < 4.78 is 22.1. The quantitative estimate of drug-likeness (QED) is 0.669. The molecule has 5 heteroatoms. The standard InChI is InChI=1S/C6H9NO2S2/c1-2-10-5-6-7-3-4-11(6,8)9/h3-4H,2,5H2,1H3. The third-order valence-corrected chi connectivity index (χ3v) is 3.67. The van der Waals surface area contributed by atoms with Gasteiger partial charge in [-0.25, -0.2) is 13.4 Å². The summed E-state index contributed by atoms with van der Waals surface area (Å²) in [6.07, 6.45) is 1.33. The van der Waals surface area contributed by atoms with Crippen molar-refractivity contribution >= 4 is 26.6 Å². The van der Waals surface area contributed by atoms with Crippen LogP contribution in [0.2, 0.25) is 0 Å². The highest BCUT2D eigenvalue weighted by atomic mass is 32.2. The molecule has 0 bridgehead atoms. The van der Waals surface area contributed by atoms with Crippen LogP contribution in [0.4, 0.5) is 0 Å². The first kappa shape index (κ1) is 8.80. The number of sulfone groups is 1. The Bertz CT molecular complexity index is 290. The average Bonchev–Trinajstić information content (AvgIpc) is 2.25. The summed E-state index contributed by atoms with van der Waals surface area (Å²) in [5, 5.41) is 1.42. The van der Waals surface area contributed by atoms with E-state index in [-0.39, 0.29) is 5.04 Å². The summed E-state index contributed by atoms with van der Waals surface area (Å²) in [4.78, 5) is 3.75. The number of nitrogens with zero attached hydrogens (tertiary/aromatic N) is 1. The lowest BCUT2D eigenvalue weighted by Crippen LogP contribution is -2.11. The Morgan fingerprint density at radius 3 is 2.82 bits per heavy atom. The summed E-state index contributed by atoms with van der Waals surface area (Å²) in [5.74, 6) is 1.40. The Morgan fingerprint density at radius 2 is 2.36 bits per heavy atom. The van der Waals surface area contributed by atoms with Crippen LogP contribution in [0, 0.1) is 0 Å². The molecule has 0 atom stereocenters. The zero-order valence-corrected chi connectivity index (χ0v) is 7.78. The molecule has 0 aromatic heterocycles. The van der Waals surface area contributed by atoms with E-state index < -0.39 is 9.84 Å². The molecule has 0 radical (unpaired) electrons. The number of hydrogen-bond acceptors (Lipinski definition) is 4. The molecule has 0 aliphatic carbocycles. The van der Waals surface area contributed by atoms with E-state index in [1.165, 1.54) is 6.20 Å². The van der Waals surface area contributed by atoms with Crippen molar-refractivity contribution in [1.82, 2.24) is 0 Å². The highest BCUT2D eigenvalue weighted by Gasteiger charge is 2.18. The Kier molecular flexibility index (Phi) is 2.72. The molecule has 1 rings (SSSR count). The molecule has 0 amide bonds. The third-order valence-electron chi connectivity index (χ3n) is 1.22. The first-order valence-corrected chi connectivity index (χ1v) is 5.93. The van der Waals surface area contributed by atoms with Crippen LogP contribution in [-0.4, -0.2) is 25.0 Å². The molecular formula is C6H9NO2S2. The van der Waals surface area contributed by atoms with Crippen LogP contribution in [0.3, 0.4) is 0 Å². The average molecular weight is 191 g/mol. The highest BCUT2D eigenvalue weighted by molar-refractivity contribution is 8.12. The number of aliphatic imine (C=N–C) groups is 1. The second-order valence-corrected chi connectivity index (χ2v) is 5.10. The van der Waals surface area contributed by atoms with Gasteiger partial charge < -0.3 is 0 Å². The molecule has 0 saturated carbocycles. The van der Waals surface area contributed by atoms with Gasteiger partial charge in [0.15, 0.2) is 0 Å². The number of rotatable bonds is 3. The minimum Gasteiger partial charge on any atom is -0.247 e. The van der Waals surface area contributed by atoms with E-state index in [9.17, 15) is 8.42 Å². The summed E-state index contributed by atoms with van der Waals surface area (Å²) in [6.45, 7) is 1.99. The van der Waals surface area contributed by atoms with Gasteiger partial charge in [0.2, 0.25) is 9.84 Å².